The summed E-state index contributed by atoms with van der Waals surface area (Å²) in [6.07, 6.45) is 5.05. The van der Waals surface area contributed by atoms with E-state index in [1.165, 1.54) is 25.7 Å². The van der Waals surface area contributed by atoms with Crippen LogP contribution >= 0.6 is 0 Å². The van der Waals surface area contributed by atoms with E-state index in [1.54, 1.807) is 0 Å². The summed E-state index contributed by atoms with van der Waals surface area (Å²) in [6.45, 7) is 3.83. The van der Waals surface area contributed by atoms with Crippen molar-refractivity contribution >= 4 is 11.6 Å². The van der Waals surface area contributed by atoms with E-state index in [4.69, 9.17) is 0 Å². The van der Waals surface area contributed by atoms with Gasteiger partial charge in [0.25, 0.3) is 0 Å². The van der Waals surface area contributed by atoms with Crippen molar-refractivity contribution in [3.05, 3.63) is 30.3 Å². The molecule has 1 amide bonds. The van der Waals surface area contributed by atoms with Crippen LogP contribution in [0.2, 0.25) is 0 Å². The van der Waals surface area contributed by atoms with Crippen LogP contribution in [0.15, 0.2) is 30.3 Å². The topological polar surface area (TPSA) is 44.4 Å². The van der Waals surface area contributed by atoms with Gasteiger partial charge in [0.1, 0.15) is 0 Å². The van der Waals surface area contributed by atoms with Gasteiger partial charge in [0.15, 0.2) is 0 Å². The molecule has 4 heteroatoms. The molecular formula is C17H25N3O. The fourth-order valence-electron chi connectivity index (χ4n) is 3.10. The zero-order chi connectivity index (χ0) is 14.5. The Hall–Kier alpha value is -1.39. The number of piperidine rings is 1. The lowest BCUT2D eigenvalue weighted by Gasteiger charge is -2.29. The van der Waals surface area contributed by atoms with Crippen LogP contribution in [-0.2, 0) is 4.79 Å². The molecule has 4 nitrogen and oxygen atoms in total. The van der Waals surface area contributed by atoms with Crippen molar-refractivity contribution in [3.63, 3.8) is 0 Å². The van der Waals surface area contributed by atoms with Crippen molar-refractivity contribution in [2.75, 3.05) is 31.5 Å². The second-order valence-corrected chi connectivity index (χ2v) is 6.29. The Morgan fingerprint density at radius 1 is 1.24 bits per heavy atom. The fourth-order valence-corrected chi connectivity index (χ4v) is 3.10. The van der Waals surface area contributed by atoms with Gasteiger partial charge >= 0.3 is 0 Å². The molecule has 114 valence electrons. The number of carbonyl (C=O) groups is 1. The number of benzene rings is 1. The molecule has 1 aliphatic carbocycles. The van der Waals surface area contributed by atoms with E-state index < -0.39 is 0 Å². The molecule has 0 bridgehead atoms. The normalized spacial score (nSPS) is 22.2. The molecule has 1 aliphatic heterocycles. The van der Waals surface area contributed by atoms with Gasteiger partial charge in [-0.3, -0.25) is 9.69 Å². The zero-order valence-electron chi connectivity index (χ0n) is 12.6. The third kappa shape index (κ3) is 4.55. The van der Waals surface area contributed by atoms with Crippen molar-refractivity contribution < 1.29 is 4.79 Å². The number of nitrogens with one attached hydrogen (secondary N) is 2. The Morgan fingerprint density at radius 2 is 2.05 bits per heavy atom. The number of anilines is 1. The Bertz CT molecular complexity index is 452. The van der Waals surface area contributed by atoms with E-state index in [0.717, 1.165) is 25.3 Å². The van der Waals surface area contributed by atoms with Gasteiger partial charge in [-0.05, 0) is 56.8 Å². The highest BCUT2D eigenvalue weighted by Gasteiger charge is 2.32. The molecule has 2 aliphatic rings. The maximum absolute atomic E-state index is 12.2. The van der Waals surface area contributed by atoms with Crippen molar-refractivity contribution in [3.8, 4) is 0 Å². The molecule has 0 spiro atoms. The summed E-state index contributed by atoms with van der Waals surface area (Å²) in [4.78, 5) is 14.6. The van der Waals surface area contributed by atoms with Gasteiger partial charge in [-0.25, -0.2) is 0 Å². The first-order valence-electron chi connectivity index (χ1n) is 8.11. The molecule has 0 radical (unpaired) electrons. The first-order chi connectivity index (χ1) is 10.3. The summed E-state index contributed by atoms with van der Waals surface area (Å²) in [6, 6.07) is 10.4. The standard InChI is InChI=1S/C17H25N3O/c21-17(19-15-6-2-1-3-7-15)13-20(16-8-9-16)12-14-5-4-10-18-11-14/h1-3,6-7,14,16,18H,4-5,8-13H2,(H,19,21). The minimum Gasteiger partial charge on any atom is -0.325 e. The molecule has 1 saturated carbocycles. The highest BCUT2D eigenvalue weighted by atomic mass is 16.2. The third-order valence-corrected chi connectivity index (χ3v) is 4.36. The van der Waals surface area contributed by atoms with Crippen LogP contribution in [0.4, 0.5) is 5.69 Å². The minimum atomic E-state index is 0.108. The average Bonchev–Trinajstić information content (AvgIpc) is 3.33. The van der Waals surface area contributed by atoms with Crippen LogP contribution in [0, 0.1) is 5.92 Å². The Labute approximate surface area is 126 Å². The SMILES string of the molecule is O=C(CN(CC1CCCNC1)C1CC1)Nc1ccccc1. The predicted octanol–water partition coefficient (Wildman–Crippen LogP) is 2.09. The molecule has 2 fully saturated rings. The number of hydrogen-bond acceptors (Lipinski definition) is 3. The van der Waals surface area contributed by atoms with Crippen LogP contribution in [0.25, 0.3) is 0 Å². The zero-order valence-corrected chi connectivity index (χ0v) is 12.6. The molecule has 1 unspecified atom stereocenters. The average molecular weight is 287 g/mol. The van der Waals surface area contributed by atoms with Crippen molar-refractivity contribution in [2.45, 2.75) is 31.7 Å². The van der Waals surface area contributed by atoms with E-state index >= 15 is 0 Å². The number of para-hydroxylation sites is 1. The van der Waals surface area contributed by atoms with Gasteiger partial charge in [0.05, 0.1) is 6.54 Å². The van der Waals surface area contributed by atoms with Crippen LogP contribution in [0.3, 0.4) is 0 Å². The number of hydrogen-bond donors (Lipinski definition) is 2. The van der Waals surface area contributed by atoms with Gasteiger partial charge < -0.3 is 10.6 Å². The van der Waals surface area contributed by atoms with Gasteiger partial charge in [-0.15, -0.1) is 0 Å². The van der Waals surface area contributed by atoms with Crippen molar-refractivity contribution in [1.82, 2.24) is 10.2 Å². The van der Waals surface area contributed by atoms with E-state index in [0.29, 0.717) is 18.5 Å². The lowest BCUT2D eigenvalue weighted by molar-refractivity contribution is -0.117. The van der Waals surface area contributed by atoms with Crippen molar-refractivity contribution in [1.29, 1.82) is 0 Å². The summed E-state index contributed by atoms with van der Waals surface area (Å²) in [5.74, 6) is 0.806. The van der Waals surface area contributed by atoms with Crippen molar-refractivity contribution in [2.24, 2.45) is 5.92 Å². The van der Waals surface area contributed by atoms with Crippen LogP contribution < -0.4 is 10.6 Å². The number of amides is 1. The first kappa shape index (κ1) is 14.5. The maximum atomic E-state index is 12.2. The van der Waals surface area contributed by atoms with E-state index in [1.807, 2.05) is 30.3 Å². The summed E-state index contributed by atoms with van der Waals surface area (Å²) >= 11 is 0. The quantitative estimate of drug-likeness (QED) is 0.842. The number of carbonyl (C=O) groups excluding carboxylic acids is 1. The maximum Gasteiger partial charge on any atom is 0.238 e. The fraction of sp³-hybridized carbons (Fsp3) is 0.588. The van der Waals surface area contributed by atoms with Gasteiger partial charge in [-0.2, -0.15) is 0 Å². The summed E-state index contributed by atoms with van der Waals surface area (Å²) in [5, 5.41) is 6.46. The predicted molar refractivity (Wildman–Crippen MR) is 85.3 cm³/mol. The summed E-state index contributed by atoms with van der Waals surface area (Å²) in [5.41, 5.74) is 0.887. The van der Waals surface area contributed by atoms with Gasteiger partial charge in [0, 0.05) is 18.3 Å². The Morgan fingerprint density at radius 3 is 2.71 bits per heavy atom. The van der Waals surface area contributed by atoms with E-state index in [2.05, 4.69) is 15.5 Å². The molecule has 1 heterocycles. The minimum absolute atomic E-state index is 0.108. The summed E-state index contributed by atoms with van der Waals surface area (Å²) < 4.78 is 0. The third-order valence-electron chi connectivity index (χ3n) is 4.36. The second-order valence-electron chi connectivity index (χ2n) is 6.29. The molecule has 1 aromatic rings. The molecule has 2 N–H and O–H groups in total. The highest BCUT2D eigenvalue weighted by molar-refractivity contribution is 5.92. The van der Waals surface area contributed by atoms with E-state index in [9.17, 15) is 4.79 Å². The molecular weight excluding hydrogens is 262 g/mol. The molecule has 1 saturated heterocycles. The molecule has 0 aromatic heterocycles. The molecule has 3 rings (SSSR count). The van der Waals surface area contributed by atoms with Crippen LogP contribution in [0.1, 0.15) is 25.7 Å². The Kier molecular flexibility index (Phi) is 4.88. The lowest BCUT2D eigenvalue weighted by Crippen LogP contribution is -2.42. The molecule has 1 aromatic carbocycles. The second kappa shape index (κ2) is 7.05. The summed E-state index contributed by atoms with van der Waals surface area (Å²) in [7, 11) is 0. The largest absolute Gasteiger partial charge is 0.325 e. The monoisotopic (exact) mass is 287 g/mol. The highest BCUT2D eigenvalue weighted by Crippen LogP contribution is 2.28. The number of nitrogens with zero attached hydrogens (tertiary/aromatic N) is 1. The first-order valence-corrected chi connectivity index (χ1v) is 8.11. The smallest absolute Gasteiger partial charge is 0.238 e. The lowest BCUT2D eigenvalue weighted by atomic mass is 9.99. The van der Waals surface area contributed by atoms with Gasteiger partial charge in [0.2, 0.25) is 5.91 Å². The molecule has 21 heavy (non-hydrogen) atoms. The number of rotatable bonds is 6. The Balaban J connectivity index is 1.51. The molecule has 1 atom stereocenters. The van der Waals surface area contributed by atoms with E-state index in [-0.39, 0.29) is 5.91 Å². The van der Waals surface area contributed by atoms with Crippen LogP contribution in [-0.4, -0.2) is 43.0 Å². The van der Waals surface area contributed by atoms with Gasteiger partial charge in [-0.1, -0.05) is 18.2 Å². The van der Waals surface area contributed by atoms with Crippen LogP contribution in [0.5, 0.6) is 0 Å².